The largest absolute Gasteiger partial charge is 0.365 e. The summed E-state index contributed by atoms with van der Waals surface area (Å²) in [6, 6.07) is 1.85. The Bertz CT molecular complexity index is 552. The first-order valence-corrected chi connectivity index (χ1v) is 4.86. The number of nitrogens with two attached hydrogens (primary N) is 1. The Hall–Kier alpha value is -2.11. The van der Waals surface area contributed by atoms with E-state index in [0.717, 1.165) is 5.69 Å². The summed E-state index contributed by atoms with van der Waals surface area (Å²) < 4.78 is 3.21. The molecule has 6 heteroatoms. The average molecular weight is 219 g/mol. The van der Waals surface area contributed by atoms with E-state index < -0.39 is 5.91 Å². The van der Waals surface area contributed by atoms with Crippen molar-refractivity contribution in [3.05, 3.63) is 29.2 Å². The highest BCUT2D eigenvalue weighted by molar-refractivity contribution is 5.97. The van der Waals surface area contributed by atoms with E-state index >= 15 is 0 Å². The van der Waals surface area contributed by atoms with Crippen LogP contribution < -0.4 is 5.73 Å². The van der Waals surface area contributed by atoms with Gasteiger partial charge in [-0.25, -0.2) is 9.36 Å². The number of aromatic nitrogens is 4. The number of carbonyl (C=O) groups is 1. The molecule has 2 aromatic heterocycles. The van der Waals surface area contributed by atoms with Crippen LogP contribution in [0.4, 0.5) is 0 Å². The SMILES string of the molecule is Cc1ccn(-c2c(C(N)=O)c(C)nn2C)n1. The van der Waals surface area contributed by atoms with Gasteiger partial charge in [-0.05, 0) is 19.9 Å². The molecule has 0 aromatic carbocycles. The van der Waals surface area contributed by atoms with Crippen LogP contribution in [0.5, 0.6) is 0 Å². The van der Waals surface area contributed by atoms with Gasteiger partial charge in [0.2, 0.25) is 0 Å². The zero-order valence-corrected chi connectivity index (χ0v) is 9.43. The van der Waals surface area contributed by atoms with Gasteiger partial charge < -0.3 is 5.73 Å². The molecule has 16 heavy (non-hydrogen) atoms. The molecule has 84 valence electrons. The molecule has 0 unspecified atom stereocenters. The second-order valence-electron chi connectivity index (χ2n) is 3.67. The first-order chi connectivity index (χ1) is 7.50. The standard InChI is InChI=1S/C10H13N5O/c1-6-4-5-15(12-6)10-8(9(11)16)7(2)13-14(10)3/h4-5H,1-3H3,(H2,11,16). The summed E-state index contributed by atoms with van der Waals surface area (Å²) in [5.41, 5.74) is 7.23. The number of rotatable bonds is 2. The minimum absolute atomic E-state index is 0.408. The summed E-state index contributed by atoms with van der Waals surface area (Å²) in [6.45, 7) is 3.63. The van der Waals surface area contributed by atoms with E-state index in [1.807, 2.05) is 13.0 Å². The fourth-order valence-electron chi connectivity index (χ4n) is 1.73. The van der Waals surface area contributed by atoms with Crippen molar-refractivity contribution in [2.75, 3.05) is 0 Å². The second-order valence-corrected chi connectivity index (χ2v) is 3.67. The number of nitrogens with zero attached hydrogens (tertiary/aromatic N) is 4. The molecule has 0 fully saturated rings. The van der Waals surface area contributed by atoms with Crippen LogP contribution >= 0.6 is 0 Å². The van der Waals surface area contributed by atoms with Crippen LogP contribution in [0.15, 0.2) is 12.3 Å². The van der Waals surface area contributed by atoms with Gasteiger partial charge >= 0.3 is 0 Å². The predicted molar refractivity (Wildman–Crippen MR) is 58.3 cm³/mol. The van der Waals surface area contributed by atoms with Crippen LogP contribution in [0.1, 0.15) is 21.7 Å². The first kappa shape index (κ1) is 10.4. The molecule has 0 saturated carbocycles. The van der Waals surface area contributed by atoms with Crippen molar-refractivity contribution in [3.8, 4) is 5.82 Å². The third kappa shape index (κ3) is 1.48. The third-order valence-electron chi connectivity index (χ3n) is 2.38. The predicted octanol–water partition coefficient (Wildman–Crippen LogP) is 0.322. The smallest absolute Gasteiger partial charge is 0.254 e. The lowest BCUT2D eigenvalue weighted by Gasteiger charge is -2.03. The molecule has 0 spiro atoms. The Morgan fingerprint density at radius 3 is 2.56 bits per heavy atom. The van der Waals surface area contributed by atoms with Gasteiger partial charge in [0.05, 0.1) is 11.4 Å². The topological polar surface area (TPSA) is 78.7 Å². The van der Waals surface area contributed by atoms with Gasteiger partial charge in [0.1, 0.15) is 5.56 Å². The molecule has 0 aliphatic rings. The lowest BCUT2D eigenvalue weighted by molar-refractivity contribution is 0.0999. The Labute approximate surface area is 92.7 Å². The maximum Gasteiger partial charge on any atom is 0.254 e. The fraction of sp³-hybridized carbons (Fsp3) is 0.300. The summed E-state index contributed by atoms with van der Waals surface area (Å²) in [4.78, 5) is 11.4. The maximum absolute atomic E-state index is 11.4. The van der Waals surface area contributed by atoms with Gasteiger partial charge in [0.25, 0.3) is 5.91 Å². The molecule has 2 heterocycles. The normalized spacial score (nSPS) is 10.7. The van der Waals surface area contributed by atoms with Crippen LogP contribution in [0.2, 0.25) is 0 Å². The Morgan fingerprint density at radius 2 is 2.06 bits per heavy atom. The van der Waals surface area contributed by atoms with E-state index in [4.69, 9.17) is 5.73 Å². The van der Waals surface area contributed by atoms with E-state index in [1.54, 1.807) is 29.5 Å². The van der Waals surface area contributed by atoms with Crippen LogP contribution in [0.25, 0.3) is 5.82 Å². The van der Waals surface area contributed by atoms with Gasteiger partial charge in [0.15, 0.2) is 5.82 Å². The highest BCUT2D eigenvalue weighted by Gasteiger charge is 2.19. The van der Waals surface area contributed by atoms with Crippen molar-refractivity contribution in [1.29, 1.82) is 0 Å². The molecular weight excluding hydrogens is 206 g/mol. The molecule has 2 N–H and O–H groups in total. The summed E-state index contributed by atoms with van der Waals surface area (Å²) in [5, 5.41) is 8.42. The zero-order chi connectivity index (χ0) is 11.9. The quantitative estimate of drug-likeness (QED) is 0.790. The summed E-state index contributed by atoms with van der Waals surface area (Å²) in [5.74, 6) is 0.104. The summed E-state index contributed by atoms with van der Waals surface area (Å²) >= 11 is 0. The van der Waals surface area contributed by atoms with E-state index in [0.29, 0.717) is 17.1 Å². The Kier molecular flexibility index (Phi) is 2.26. The van der Waals surface area contributed by atoms with Crippen LogP contribution in [0.3, 0.4) is 0 Å². The molecule has 0 bridgehead atoms. The number of aryl methyl sites for hydroxylation is 3. The number of hydrogen-bond donors (Lipinski definition) is 1. The minimum Gasteiger partial charge on any atom is -0.365 e. The molecule has 2 rings (SSSR count). The van der Waals surface area contributed by atoms with Gasteiger partial charge in [-0.1, -0.05) is 0 Å². The second kappa shape index (κ2) is 3.48. The Morgan fingerprint density at radius 1 is 1.38 bits per heavy atom. The lowest BCUT2D eigenvalue weighted by Crippen LogP contribution is -2.16. The molecule has 0 radical (unpaired) electrons. The fourth-order valence-corrected chi connectivity index (χ4v) is 1.73. The monoisotopic (exact) mass is 219 g/mol. The van der Waals surface area contributed by atoms with Gasteiger partial charge in [-0.2, -0.15) is 10.2 Å². The number of primary amides is 1. The molecule has 0 atom stereocenters. The van der Waals surface area contributed by atoms with E-state index in [2.05, 4.69) is 10.2 Å². The highest BCUT2D eigenvalue weighted by atomic mass is 16.1. The highest BCUT2D eigenvalue weighted by Crippen LogP contribution is 2.16. The van der Waals surface area contributed by atoms with Crippen molar-refractivity contribution in [1.82, 2.24) is 19.6 Å². The Balaban J connectivity index is 2.68. The van der Waals surface area contributed by atoms with Gasteiger partial charge in [-0.15, -0.1) is 0 Å². The summed E-state index contributed by atoms with van der Waals surface area (Å²) in [7, 11) is 1.76. The molecule has 0 aliphatic carbocycles. The molecular formula is C10H13N5O. The van der Waals surface area contributed by atoms with E-state index in [-0.39, 0.29) is 0 Å². The molecule has 6 nitrogen and oxygen atoms in total. The third-order valence-corrected chi connectivity index (χ3v) is 2.38. The van der Waals surface area contributed by atoms with Crippen LogP contribution in [-0.2, 0) is 7.05 Å². The summed E-state index contributed by atoms with van der Waals surface area (Å²) in [6.07, 6.45) is 1.78. The zero-order valence-electron chi connectivity index (χ0n) is 9.43. The van der Waals surface area contributed by atoms with Crippen LogP contribution in [-0.4, -0.2) is 25.5 Å². The van der Waals surface area contributed by atoms with Crippen LogP contribution in [0, 0.1) is 13.8 Å². The van der Waals surface area contributed by atoms with Crippen molar-refractivity contribution in [2.24, 2.45) is 12.8 Å². The lowest BCUT2D eigenvalue weighted by atomic mass is 10.2. The minimum atomic E-state index is -0.492. The van der Waals surface area contributed by atoms with E-state index in [9.17, 15) is 4.79 Å². The average Bonchev–Trinajstić information content (AvgIpc) is 2.69. The molecule has 2 aromatic rings. The van der Waals surface area contributed by atoms with Crippen molar-refractivity contribution in [2.45, 2.75) is 13.8 Å². The molecule has 0 saturated heterocycles. The van der Waals surface area contributed by atoms with Gasteiger partial charge in [-0.3, -0.25) is 4.79 Å². The maximum atomic E-state index is 11.4. The van der Waals surface area contributed by atoms with Crippen molar-refractivity contribution >= 4 is 5.91 Å². The van der Waals surface area contributed by atoms with E-state index in [1.165, 1.54) is 0 Å². The van der Waals surface area contributed by atoms with Crippen molar-refractivity contribution < 1.29 is 4.79 Å². The number of carbonyl (C=O) groups excluding carboxylic acids is 1. The molecule has 1 amide bonds. The molecule has 0 aliphatic heterocycles. The number of hydrogen-bond acceptors (Lipinski definition) is 3. The van der Waals surface area contributed by atoms with Gasteiger partial charge in [0, 0.05) is 13.2 Å². The first-order valence-electron chi connectivity index (χ1n) is 4.86. The van der Waals surface area contributed by atoms with Crippen molar-refractivity contribution in [3.63, 3.8) is 0 Å². The number of amides is 1.